The topological polar surface area (TPSA) is 135 Å². The highest BCUT2D eigenvalue weighted by Gasteiger charge is 2.48. The van der Waals surface area contributed by atoms with Crippen LogP contribution in [-0.2, 0) is 26.1 Å². The molecule has 0 spiro atoms. The van der Waals surface area contributed by atoms with Crippen molar-refractivity contribution in [1.29, 1.82) is 0 Å². The van der Waals surface area contributed by atoms with Gasteiger partial charge in [0.25, 0.3) is 5.91 Å². The zero-order chi connectivity index (χ0) is 30.7. The number of halogens is 1. The molecule has 1 saturated carbocycles. The quantitative estimate of drug-likeness (QED) is 0.362. The maximum atomic E-state index is 14.3. The highest BCUT2D eigenvalue weighted by molar-refractivity contribution is 7.88. The number of carbonyl (C=O) groups is 3. The SMILES string of the molecule is COC(=O)c1cccc(CNC(=O)[C@@H]2c3ccccc3C(=O)N(C3CCCC[C@@H]3NS(C)(=O)=O)[C@H]2c2ccc(Cl)cc2)n1. The number of fused-ring (bicyclic) bond motifs is 1. The van der Waals surface area contributed by atoms with E-state index in [1.807, 2.05) is 0 Å². The Morgan fingerprint density at radius 3 is 2.47 bits per heavy atom. The highest BCUT2D eigenvalue weighted by Crippen LogP contribution is 2.46. The van der Waals surface area contributed by atoms with E-state index >= 15 is 0 Å². The first-order valence-electron chi connectivity index (χ1n) is 14.0. The number of hydrogen-bond acceptors (Lipinski definition) is 7. The number of esters is 1. The Morgan fingerprint density at radius 2 is 1.74 bits per heavy atom. The Hall–Kier alpha value is -3.80. The van der Waals surface area contributed by atoms with Crippen molar-refractivity contribution in [3.63, 3.8) is 0 Å². The summed E-state index contributed by atoms with van der Waals surface area (Å²) in [6, 6.07) is 17.2. The third kappa shape index (κ3) is 6.74. The molecule has 3 aromatic rings. The number of benzene rings is 2. The van der Waals surface area contributed by atoms with E-state index in [2.05, 4.69) is 15.0 Å². The Balaban J connectivity index is 1.58. The average molecular weight is 625 g/mol. The van der Waals surface area contributed by atoms with Gasteiger partial charge in [0, 0.05) is 22.7 Å². The fourth-order valence-electron chi connectivity index (χ4n) is 6.15. The summed E-state index contributed by atoms with van der Waals surface area (Å²) in [7, 11) is -2.30. The van der Waals surface area contributed by atoms with E-state index < -0.39 is 40.0 Å². The highest BCUT2D eigenvalue weighted by atomic mass is 35.5. The number of pyridine rings is 1. The molecule has 1 aliphatic heterocycles. The molecule has 0 bridgehead atoms. The van der Waals surface area contributed by atoms with Gasteiger partial charge in [-0.05, 0) is 54.3 Å². The third-order valence-corrected chi connectivity index (χ3v) is 8.95. The minimum atomic E-state index is -3.57. The first-order chi connectivity index (χ1) is 20.6. The van der Waals surface area contributed by atoms with Gasteiger partial charge in [-0.15, -0.1) is 0 Å². The van der Waals surface area contributed by atoms with Crippen LogP contribution in [0.1, 0.15) is 75.3 Å². The van der Waals surface area contributed by atoms with Crippen LogP contribution >= 0.6 is 11.6 Å². The minimum Gasteiger partial charge on any atom is -0.464 e. The molecule has 1 aromatic heterocycles. The molecule has 2 heterocycles. The Kier molecular flexibility index (Phi) is 9.14. The third-order valence-electron chi connectivity index (χ3n) is 7.97. The number of amides is 2. The standard InChI is InChI=1S/C31H33ClN4O6S/c1-42-31(39)25-12-7-8-21(34-25)18-33-29(37)27-22-9-3-4-10-23(22)30(38)36(28(27)19-14-16-20(32)17-15-19)26-13-6-5-11-24(26)35-43(2,40)41/h3-4,7-10,12,14-17,24,26-28,35H,5-6,11,13,18H2,1-2H3,(H,33,37)/t24-,26?,27+,28-/m0/s1. The monoisotopic (exact) mass is 624 g/mol. The lowest BCUT2D eigenvalue weighted by molar-refractivity contribution is -0.124. The number of aromatic nitrogens is 1. The van der Waals surface area contributed by atoms with E-state index in [4.69, 9.17) is 16.3 Å². The predicted octanol–water partition coefficient (Wildman–Crippen LogP) is 3.98. The lowest BCUT2D eigenvalue weighted by atomic mass is 9.76. The molecule has 10 nitrogen and oxygen atoms in total. The summed E-state index contributed by atoms with van der Waals surface area (Å²) in [4.78, 5) is 46.5. The maximum absolute atomic E-state index is 14.3. The van der Waals surface area contributed by atoms with Gasteiger partial charge in [-0.2, -0.15) is 0 Å². The fourth-order valence-corrected chi connectivity index (χ4v) is 7.11. The molecule has 5 rings (SSSR count). The van der Waals surface area contributed by atoms with Crippen molar-refractivity contribution in [3.05, 3.63) is 99.8 Å². The van der Waals surface area contributed by atoms with Gasteiger partial charge < -0.3 is 15.0 Å². The molecule has 0 saturated heterocycles. The summed E-state index contributed by atoms with van der Waals surface area (Å²) in [6.45, 7) is 0.0330. The summed E-state index contributed by atoms with van der Waals surface area (Å²) >= 11 is 6.23. The predicted molar refractivity (Wildman–Crippen MR) is 161 cm³/mol. The van der Waals surface area contributed by atoms with Crippen LogP contribution in [-0.4, -0.2) is 61.5 Å². The largest absolute Gasteiger partial charge is 0.464 e. The van der Waals surface area contributed by atoms with E-state index in [0.29, 0.717) is 40.2 Å². The van der Waals surface area contributed by atoms with Gasteiger partial charge in [0.2, 0.25) is 15.9 Å². The van der Waals surface area contributed by atoms with Crippen LogP contribution in [0, 0.1) is 0 Å². The molecule has 4 atom stereocenters. The van der Waals surface area contributed by atoms with Crippen molar-refractivity contribution in [2.75, 3.05) is 13.4 Å². The van der Waals surface area contributed by atoms with Crippen molar-refractivity contribution in [3.8, 4) is 0 Å². The van der Waals surface area contributed by atoms with Crippen molar-refractivity contribution < 1.29 is 27.5 Å². The Labute approximate surface area is 255 Å². The van der Waals surface area contributed by atoms with E-state index in [-0.39, 0.29) is 24.1 Å². The molecule has 2 amide bonds. The number of nitrogens with zero attached hydrogens (tertiary/aromatic N) is 2. The fraction of sp³-hybridized carbons (Fsp3) is 0.355. The van der Waals surface area contributed by atoms with Crippen molar-refractivity contribution in [1.82, 2.24) is 19.9 Å². The van der Waals surface area contributed by atoms with Crippen LogP contribution in [0.3, 0.4) is 0 Å². The number of ether oxygens (including phenoxy) is 1. The molecule has 1 fully saturated rings. The zero-order valence-electron chi connectivity index (χ0n) is 23.8. The van der Waals surface area contributed by atoms with E-state index in [0.717, 1.165) is 19.1 Å². The zero-order valence-corrected chi connectivity index (χ0v) is 25.4. The van der Waals surface area contributed by atoms with Gasteiger partial charge in [0.1, 0.15) is 5.69 Å². The van der Waals surface area contributed by atoms with Gasteiger partial charge in [0.15, 0.2) is 0 Å². The summed E-state index contributed by atoms with van der Waals surface area (Å²) in [5.41, 5.74) is 2.24. The number of hydrogen-bond donors (Lipinski definition) is 2. The van der Waals surface area contributed by atoms with E-state index in [1.165, 1.54) is 13.2 Å². The van der Waals surface area contributed by atoms with Crippen molar-refractivity contribution in [2.45, 2.75) is 56.3 Å². The maximum Gasteiger partial charge on any atom is 0.356 e. The summed E-state index contributed by atoms with van der Waals surface area (Å²) < 4.78 is 32.2. The second kappa shape index (κ2) is 12.8. The molecule has 2 N–H and O–H groups in total. The molecule has 43 heavy (non-hydrogen) atoms. The van der Waals surface area contributed by atoms with Gasteiger partial charge in [0.05, 0.1) is 37.6 Å². The van der Waals surface area contributed by atoms with Crippen LogP contribution in [0.5, 0.6) is 0 Å². The first-order valence-corrected chi connectivity index (χ1v) is 16.3. The molecule has 2 aliphatic rings. The number of carbonyl (C=O) groups excluding carboxylic acids is 3. The molecule has 2 aromatic carbocycles. The van der Waals surface area contributed by atoms with Crippen LogP contribution in [0.2, 0.25) is 5.02 Å². The van der Waals surface area contributed by atoms with Gasteiger partial charge >= 0.3 is 5.97 Å². The number of rotatable bonds is 8. The second-order valence-electron chi connectivity index (χ2n) is 10.8. The van der Waals surface area contributed by atoms with Crippen molar-refractivity contribution in [2.24, 2.45) is 0 Å². The summed E-state index contributed by atoms with van der Waals surface area (Å²) in [5, 5.41) is 3.47. The normalized spacial score (nSPS) is 22.0. The first kappa shape index (κ1) is 30.7. The van der Waals surface area contributed by atoms with Crippen LogP contribution in [0.25, 0.3) is 0 Å². The molecule has 12 heteroatoms. The van der Waals surface area contributed by atoms with Crippen LogP contribution in [0.4, 0.5) is 0 Å². The molecular weight excluding hydrogens is 592 g/mol. The molecule has 226 valence electrons. The number of sulfonamides is 1. The molecule has 1 unspecified atom stereocenters. The van der Waals surface area contributed by atoms with Crippen LogP contribution < -0.4 is 10.0 Å². The van der Waals surface area contributed by atoms with Gasteiger partial charge in [-0.25, -0.2) is 22.9 Å². The number of nitrogens with one attached hydrogen (secondary N) is 2. The molecule has 0 radical (unpaired) electrons. The Morgan fingerprint density at radius 1 is 1.02 bits per heavy atom. The van der Waals surface area contributed by atoms with Gasteiger partial charge in [-0.1, -0.05) is 60.8 Å². The average Bonchev–Trinajstić information content (AvgIpc) is 3.00. The minimum absolute atomic E-state index is 0.0330. The second-order valence-corrected chi connectivity index (χ2v) is 13.1. The van der Waals surface area contributed by atoms with E-state index in [1.54, 1.807) is 65.6 Å². The Bertz CT molecular complexity index is 1630. The van der Waals surface area contributed by atoms with Crippen LogP contribution in [0.15, 0.2) is 66.7 Å². The number of methoxy groups -OCH3 is 1. The molecule has 1 aliphatic carbocycles. The van der Waals surface area contributed by atoms with Gasteiger partial charge in [-0.3, -0.25) is 9.59 Å². The summed E-state index contributed by atoms with van der Waals surface area (Å²) in [5.74, 6) is -2.03. The lowest BCUT2D eigenvalue weighted by Gasteiger charge is -2.49. The lowest BCUT2D eigenvalue weighted by Crippen LogP contribution is -2.59. The van der Waals surface area contributed by atoms with E-state index in [9.17, 15) is 22.8 Å². The molecular formula is C31H33ClN4O6S. The van der Waals surface area contributed by atoms with Crippen molar-refractivity contribution >= 4 is 39.4 Å². The smallest absolute Gasteiger partial charge is 0.356 e. The summed E-state index contributed by atoms with van der Waals surface area (Å²) in [6.07, 6.45) is 3.88.